The van der Waals surface area contributed by atoms with E-state index >= 15 is 0 Å². The van der Waals surface area contributed by atoms with Crippen LogP contribution < -0.4 is 0 Å². The normalized spacial score (nSPS) is 10.2. The van der Waals surface area contributed by atoms with Crippen LogP contribution in [0.1, 0.15) is 59.3 Å². The average Bonchev–Trinajstić information content (AvgIpc) is 2.97. The molecule has 0 aliphatic heterocycles. The number of furan rings is 1. The van der Waals surface area contributed by atoms with Crippen molar-refractivity contribution >= 4 is 19.8 Å². The molecule has 1 aromatic heterocycles. The van der Waals surface area contributed by atoms with E-state index in [4.69, 9.17) is 0 Å². The average molecular weight is 359 g/mol. The summed E-state index contributed by atoms with van der Waals surface area (Å²) >= 11 is -0.967. The summed E-state index contributed by atoms with van der Waals surface area (Å²) in [6, 6.07) is 3.67. The molecule has 106 valence electrons. The number of hydrogen-bond donors (Lipinski definition) is 0. The van der Waals surface area contributed by atoms with Crippen LogP contribution in [-0.2, 0) is 0 Å². The molecule has 18 heavy (non-hydrogen) atoms. The molecular weight excluding hydrogens is 327 g/mol. The van der Waals surface area contributed by atoms with Gasteiger partial charge in [-0.2, -0.15) is 0 Å². The van der Waals surface area contributed by atoms with Crippen LogP contribution >= 0.6 is 0 Å². The van der Waals surface area contributed by atoms with Gasteiger partial charge in [0.2, 0.25) is 0 Å². The quantitative estimate of drug-likeness (QED) is 0.501. The maximum atomic E-state index is 4.58. The van der Waals surface area contributed by atoms with Gasteiger partial charge in [0.15, 0.2) is 0 Å². The van der Waals surface area contributed by atoms with E-state index in [-0.39, 0.29) is 0 Å². The summed E-state index contributed by atoms with van der Waals surface area (Å²) in [6.07, 6.45) is 12.1. The standard InChI is InChI=1S/C4H4O.3C4H9.Sn.H/c1-2-4-5-3-1;3*1-3-4-2;;/h1-4H;3*1,3-4H2,2H3;;. The van der Waals surface area contributed by atoms with E-state index in [2.05, 4.69) is 25.2 Å². The van der Waals surface area contributed by atoms with Crippen molar-refractivity contribution in [1.82, 2.24) is 0 Å². The number of hydrogen-bond acceptors (Lipinski definition) is 1. The van der Waals surface area contributed by atoms with Crippen molar-refractivity contribution in [3.05, 3.63) is 24.7 Å². The van der Waals surface area contributed by atoms with Crippen molar-refractivity contribution in [2.45, 2.75) is 72.6 Å². The monoisotopic (exact) mass is 360 g/mol. The molecule has 0 N–H and O–H groups in total. The first-order valence-corrected chi connectivity index (χ1v) is 14.8. The van der Waals surface area contributed by atoms with Gasteiger partial charge in [-0.25, -0.2) is 0 Å². The summed E-state index contributed by atoms with van der Waals surface area (Å²) in [5.41, 5.74) is 0. The molecule has 0 aliphatic carbocycles. The Morgan fingerprint density at radius 3 is 1.33 bits per heavy atom. The third-order valence-electron chi connectivity index (χ3n) is 3.32. The molecule has 0 fully saturated rings. The number of unbranched alkanes of at least 4 members (excludes halogenated alkanes) is 3. The van der Waals surface area contributed by atoms with Crippen LogP contribution in [0.2, 0.25) is 13.3 Å². The van der Waals surface area contributed by atoms with Crippen LogP contribution in [0.3, 0.4) is 0 Å². The molecule has 0 atom stereocenters. The van der Waals surface area contributed by atoms with Crippen LogP contribution in [0.25, 0.3) is 0 Å². The molecule has 1 heterocycles. The van der Waals surface area contributed by atoms with E-state index in [1.807, 2.05) is 12.1 Å². The maximum Gasteiger partial charge on any atom is 0.0902 e. The molecule has 0 saturated heterocycles. The summed E-state index contributed by atoms with van der Waals surface area (Å²) in [4.78, 5) is 0. The van der Waals surface area contributed by atoms with Gasteiger partial charge in [0.1, 0.15) is 0 Å². The van der Waals surface area contributed by atoms with Gasteiger partial charge in [-0.1, -0.05) is 0 Å². The molecule has 0 bridgehead atoms. The van der Waals surface area contributed by atoms with Crippen molar-refractivity contribution in [2.75, 3.05) is 0 Å². The van der Waals surface area contributed by atoms with Crippen molar-refractivity contribution in [3.8, 4) is 0 Å². The molecule has 2 heteroatoms. The first kappa shape index (κ1) is 18.1. The Hall–Kier alpha value is 0.0787. The summed E-state index contributed by atoms with van der Waals surface area (Å²) in [6.45, 7) is 7.01. The number of rotatable bonds is 9. The van der Waals surface area contributed by atoms with Gasteiger partial charge in [-0.3, -0.25) is 0 Å². The molecule has 0 unspecified atom stereocenters. The maximum absolute atomic E-state index is 4.58. The van der Waals surface area contributed by atoms with Crippen molar-refractivity contribution in [1.29, 1.82) is 0 Å². The van der Waals surface area contributed by atoms with E-state index in [1.54, 1.807) is 25.8 Å². The molecule has 1 rings (SSSR count). The van der Waals surface area contributed by atoms with Crippen LogP contribution in [0.4, 0.5) is 0 Å². The minimum atomic E-state index is -0.967. The predicted octanol–water partition coefficient (Wildman–Crippen LogP) is 5.89. The van der Waals surface area contributed by atoms with Gasteiger partial charge in [0, 0.05) is 0 Å². The zero-order valence-electron chi connectivity index (χ0n) is 12.7. The van der Waals surface area contributed by atoms with Crippen LogP contribution in [0, 0.1) is 0 Å². The summed E-state index contributed by atoms with van der Waals surface area (Å²) in [5, 5.41) is 0. The fourth-order valence-electron chi connectivity index (χ4n) is 2.14. The molecule has 1 nitrogen and oxygen atoms in total. The fourth-order valence-corrected chi connectivity index (χ4v) is 13.0. The zero-order chi connectivity index (χ0) is 13.5. The summed E-state index contributed by atoms with van der Waals surface area (Å²) in [5.74, 6) is 0. The second kappa shape index (κ2) is 15.1. The summed E-state index contributed by atoms with van der Waals surface area (Å²) < 4.78 is 9.66. The molecule has 0 radical (unpaired) electrons. The van der Waals surface area contributed by atoms with E-state index in [9.17, 15) is 0 Å². The fraction of sp³-hybridized carbons (Fsp3) is 0.750. The molecule has 0 amide bonds. The third kappa shape index (κ3) is 12.5. The van der Waals surface area contributed by atoms with E-state index in [0.29, 0.717) is 0 Å². The van der Waals surface area contributed by atoms with Gasteiger partial charge >= 0.3 is 92.4 Å². The predicted molar refractivity (Wildman–Crippen MR) is 85.0 cm³/mol. The van der Waals surface area contributed by atoms with E-state index in [1.165, 1.54) is 38.5 Å². The smallest absolute Gasteiger partial charge is 0.0902 e. The second-order valence-corrected chi connectivity index (χ2v) is 15.0. The van der Waals surface area contributed by atoms with Crippen molar-refractivity contribution in [3.63, 3.8) is 0 Å². The Labute approximate surface area is 121 Å². The Morgan fingerprint density at radius 1 is 0.722 bits per heavy atom. The van der Waals surface area contributed by atoms with Gasteiger partial charge in [0.05, 0.1) is 12.5 Å². The van der Waals surface area contributed by atoms with Crippen molar-refractivity contribution in [2.24, 2.45) is 0 Å². The molecule has 1 aromatic rings. The Bertz CT molecular complexity index is 185. The minimum Gasteiger partial charge on any atom is -0.473 e. The molecule has 0 spiro atoms. The SMILES string of the molecule is CCC[CH2][SnH]([CH2]CCC)[CH2]CCC.c1ccoc1. The molecule has 0 aliphatic rings. The molecular formula is C16H32OSn. The van der Waals surface area contributed by atoms with E-state index in [0.717, 1.165) is 0 Å². The zero-order valence-corrected chi connectivity index (χ0v) is 16.0. The van der Waals surface area contributed by atoms with Gasteiger partial charge in [0.25, 0.3) is 0 Å². The summed E-state index contributed by atoms with van der Waals surface area (Å²) in [7, 11) is 0. The van der Waals surface area contributed by atoms with Crippen LogP contribution in [0.15, 0.2) is 29.1 Å². The van der Waals surface area contributed by atoms with E-state index < -0.39 is 19.8 Å². The van der Waals surface area contributed by atoms with Crippen LogP contribution in [0.5, 0.6) is 0 Å². The minimum absolute atomic E-state index is 0.967. The Balaban J connectivity index is 0.000000473. The topological polar surface area (TPSA) is 13.1 Å². The third-order valence-corrected chi connectivity index (χ3v) is 13.8. The largest absolute Gasteiger partial charge is 0.473 e. The Morgan fingerprint density at radius 2 is 1.11 bits per heavy atom. The molecule has 0 aromatic carbocycles. The molecule has 0 saturated carbocycles. The second-order valence-electron chi connectivity index (χ2n) is 5.09. The van der Waals surface area contributed by atoms with Crippen LogP contribution in [-0.4, -0.2) is 19.8 Å². The first-order valence-electron chi connectivity index (χ1n) is 7.82. The first-order chi connectivity index (χ1) is 8.85. The Kier molecular flexibility index (Phi) is 15.2. The van der Waals surface area contributed by atoms with Crippen molar-refractivity contribution < 1.29 is 4.42 Å². The van der Waals surface area contributed by atoms with Gasteiger partial charge in [-0.05, 0) is 12.1 Å². The van der Waals surface area contributed by atoms with Gasteiger partial charge in [-0.15, -0.1) is 0 Å². The van der Waals surface area contributed by atoms with Gasteiger partial charge < -0.3 is 4.42 Å².